The van der Waals surface area contributed by atoms with Gasteiger partial charge < -0.3 is 20.7 Å². The molecule has 1 heterocycles. The van der Waals surface area contributed by atoms with Gasteiger partial charge in [0.1, 0.15) is 11.9 Å². The minimum absolute atomic E-state index is 0.0706. The molecule has 0 saturated carbocycles. The summed E-state index contributed by atoms with van der Waals surface area (Å²) in [7, 11) is 0. The lowest BCUT2D eigenvalue weighted by atomic mass is 9.93. The number of hydrogen-bond acceptors (Lipinski definition) is 6. The maximum Gasteiger partial charge on any atom is 0.573 e. The van der Waals surface area contributed by atoms with E-state index >= 15 is 0 Å². The molecule has 3 aromatic rings. The van der Waals surface area contributed by atoms with Gasteiger partial charge in [0.05, 0.1) is 17.6 Å². The zero-order valence-electron chi connectivity index (χ0n) is 13.9. The minimum atomic E-state index is -4.77. The molecule has 0 unspecified atom stereocenters. The second kappa shape index (κ2) is 7.47. The molecule has 1 atom stereocenters. The third kappa shape index (κ3) is 4.00. The number of nitrogens with zero attached hydrogens (tertiary/aromatic N) is 2. The third-order valence-electron chi connectivity index (χ3n) is 4.00. The molecule has 1 aromatic heterocycles. The Morgan fingerprint density at radius 1 is 1.07 bits per heavy atom. The van der Waals surface area contributed by atoms with Gasteiger partial charge in [-0.15, -0.1) is 13.2 Å². The summed E-state index contributed by atoms with van der Waals surface area (Å²) in [6, 6.07) is 7.01. The predicted octanol–water partition coefficient (Wildman–Crippen LogP) is 2.68. The first-order chi connectivity index (χ1) is 12.8. The molecule has 3 rings (SSSR count). The third-order valence-corrected chi connectivity index (χ3v) is 4.00. The van der Waals surface area contributed by atoms with Gasteiger partial charge in [-0.25, -0.2) is 0 Å². The van der Waals surface area contributed by atoms with E-state index in [1.54, 1.807) is 6.07 Å². The number of alkyl halides is 3. The Hall–Kier alpha value is -2.75. The van der Waals surface area contributed by atoms with Crippen molar-refractivity contribution in [1.29, 1.82) is 0 Å². The van der Waals surface area contributed by atoms with Crippen LogP contribution in [-0.4, -0.2) is 33.2 Å². The number of halogens is 3. The van der Waals surface area contributed by atoms with Crippen molar-refractivity contribution in [3.05, 3.63) is 53.9 Å². The zero-order valence-corrected chi connectivity index (χ0v) is 13.9. The summed E-state index contributed by atoms with van der Waals surface area (Å²) in [5.41, 5.74) is 8.69. The normalized spacial score (nSPS) is 13.0. The van der Waals surface area contributed by atoms with Crippen LogP contribution in [0, 0.1) is 0 Å². The fourth-order valence-corrected chi connectivity index (χ4v) is 2.89. The minimum Gasteiger partial charge on any atom is -0.406 e. The van der Waals surface area contributed by atoms with E-state index in [4.69, 9.17) is 5.73 Å². The summed E-state index contributed by atoms with van der Waals surface area (Å²) in [6.07, 6.45) is -3.04. The first-order valence-corrected chi connectivity index (χ1v) is 7.95. The van der Waals surface area contributed by atoms with Gasteiger partial charge >= 0.3 is 6.36 Å². The Morgan fingerprint density at radius 3 is 2.26 bits per heavy atom. The highest BCUT2D eigenvalue weighted by molar-refractivity contribution is 5.94. The van der Waals surface area contributed by atoms with Crippen LogP contribution in [0.2, 0.25) is 0 Å². The molecule has 142 valence electrons. The molecule has 4 N–H and O–H groups in total. The van der Waals surface area contributed by atoms with E-state index in [-0.39, 0.29) is 12.3 Å². The van der Waals surface area contributed by atoms with Crippen LogP contribution in [0.5, 0.6) is 5.75 Å². The number of rotatable bonds is 5. The average Bonchev–Trinajstić information content (AvgIpc) is 2.65. The van der Waals surface area contributed by atoms with Crippen LogP contribution in [0.3, 0.4) is 0 Å². The van der Waals surface area contributed by atoms with Crippen LogP contribution >= 0.6 is 0 Å². The van der Waals surface area contributed by atoms with Crippen molar-refractivity contribution in [3.63, 3.8) is 0 Å². The molecule has 0 bridgehead atoms. The topological polar surface area (TPSA) is 101 Å². The average molecular weight is 379 g/mol. The molecule has 0 aliphatic heterocycles. The number of ether oxygens (including phenoxy) is 1. The fraction of sp³-hybridized carbons (Fsp3) is 0.222. The molecular formula is C18H16F3N3O3. The van der Waals surface area contributed by atoms with Gasteiger partial charge in [-0.2, -0.15) is 0 Å². The number of nitrogens with two attached hydrogens (primary N) is 1. The monoisotopic (exact) mass is 379 g/mol. The van der Waals surface area contributed by atoms with Gasteiger partial charge in [-0.3, -0.25) is 9.97 Å². The Morgan fingerprint density at radius 2 is 1.70 bits per heavy atom. The van der Waals surface area contributed by atoms with Crippen LogP contribution in [0.15, 0.2) is 42.7 Å². The van der Waals surface area contributed by atoms with Crippen LogP contribution in [0.4, 0.5) is 13.2 Å². The molecule has 0 fully saturated rings. The van der Waals surface area contributed by atoms with E-state index in [1.807, 2.05) is 0 Å². The van der Waals surface area contributed by atoms with Crippen molar-refractivity contribution in [2.45, 2.75) is 19.0 Å². The van der Waals surface area contributed by atoms with Crippen molar-refractivity contribution < 1.29 is 28.1 Å². The smallest absolute Gasteiger partial charge is 0.406 e. The maximum atomic E-state index is 12.3. The highest BCUT2D eigenvalue weighted by atomic mass is 19.4. The van der Waals surface area contributed by atoms with Gasteiger partial charge in [-0.1, -0.05) is 12.1 Å². The molecule has 0 saturated heterocycles. The molecule has 0 radical (unpaired) electrons. The lowest BCUT2D eigenvalue weighted by Gasteiger charge is -2.18. The van der Waals surface area contributed by atoms with Gasteiger partial charge in [0.25, 0.3) is 0 Å². The van der Waals surface area contributed by atoms with Crippen LogP contribution in [-0.2, 0) is 6.54 Å². The standard InChI is InChI=1S/C18H16F3N3O3/c19-18(20,21)27-12-3-1-10(2-4-12)13-7-11(8-22)15(14(26)9-25)17-16(13)23-5-6-24-17/h1-7,14,25-26H,8-9,22H2/t14-/m1/s1. The summed E-state index contributed by atoms with van der Waals surface area (Å²) in [5, 5.41) is 19.5. The molecule has 0 amide bonds. The predicted molar refractivity (Wildman–Crippen MR) is 91.6 cm³/mol. The summed E-state index contributed by atoms with van der Waals surface area (Å²) in [6.45, 7) is -0.442. The quantitative estimate of drug-likeness (QED) is 0.630. The Balaban J connectivity index is 2.15. The highest BCUT2D eigenvalue weighted by Gasteiger charge is 2.31. The molecule has 27 heavy (non-hydrogen) atoms. The summed E-state index contributed by atoms with van der Waals surface area (Å²) >= 11 is 0. The van der Waals surface area contributed by atoms with Crippen molar-refractivity contribution >= 4 is 11.0 Å². The first kappa shape index (κ1) is 19.0. The SMILES string of the molecule is NCc1cc(-c2ccc(OC(F)(F)F)cc2)c2nccnc2c1[C@H](O)CO. The second-order valence-corrected chi connectivity index (χ2v) is 5.73. The van der Waals surface area contributed by atoms with Crippen LogP contribution in [0.25, 0.3) is 22.2 Å². The number of fused-ring (bicyclic) bond motifs is 1. The van der Waals surface area contributed by atoms with Crippen LogP contribution in [0.1, 0.15) is 17.2 Å². The van der Waals surface area contributed by atoms with E-state index in [9.17, 15) is 23.4 Å². The van der Waals surface area contributed by atoms with Gasteiger partial charge in [0.2, 0.25) is 0 Å². The van der Waals surface area contributed by atoms with Crippen LogP contribution < -0.4 is 10.5 Å². The van der Waals surface area contributed by atoms with Crippen molar-refractivity contribution in [2.75, 3.05) is 6.61 Å². The number of aromatic nitrogens is 2. The fourth-order valence-electron chi connectivity index (χ4n) is 2.89. The van der Waals surface area contributed by atoms with Crippen molar-refractivity contribution in [2.24, 2.45) is 5.73 Å². The number of benzene rings is 2. The van der Waals surface area contributed by atoms with E-state index in [0.29, 0.717) is 33.3 Å². The van der Waals surface area contributed by atoms with E-state index in [1.165, 1.54) is 36.7 Å². The summed E-state index contributed by atoms with van der Waals surface area (Å²) in [5.74, 6) is -0.340. The zero-order chi connectivity index (χ0) is 19.6. The van der Waals surface area contributed by atoms with Crippen molar-refractivity contribution in [3.8, 4) is 16.9 Å². The largest absolute Gasteiger partial charge is 0.573 e. The Kier molecular flexibility index (Phi) is 5.26. The highest BCUT2D eigenvalue weighted by Crippen LogP contribution is 2.35. The molecule has 0 aliphatic rings. The maximum absolute atomic E-state index is 12.3. The molecule has 2 aromatic carbocycles. The molecule has 6 nitrogen and oxygen atoms in total. The van der Waals surface area contributed by atoms with Gasteiger partial charge in [0, 0.05) is 30.1 Å². The van der Waals surface area contributed by atoms with E-state index < -0.39 is 19.1 Å². The lowest BCUT2D eigenvalue weighted by molar-refractivity contribution is -0.274. The first-order valence-electron chi connectivity index (χ1n) is 7.95. The number of hydrogen-bond donors (Lipinski definition) is 3. The molecule has 0 spiro atoms. The van der Waals surface area contributed by atoms with E-state index in [0.717, 1.165) is 0 Å². The number of aliphatic hydroxyl groups is 2. The molecule has 0 aliphatic carbocycles. The summed E-state index contributed by atoms with van der Waals surface area (Å²) in [4.78, 5) is 8.53. The lowest BCUT2D eigenvalue weighted by Crippen LogP contribution is -2.16. The van der Waals surface area contributed by atoms with Gasteiger partial charge in [0.15, 0.2) is 0 Å². The van der Waals surface area contributed by atoms with E-state index in [2.05, 4.69) is 14.7 Å². The van der Waals surface area contributed by atoms with Crippen molar-refractivity contribution in [1.82, 2.24) is 9.97 Å². The molecule has 9 heteroatoms. The Labute approximate surface area is 152 Å². The second-order valence-electron chi connectivity index (χ2n) is 5.73. The molecular weight excluding hydrogens is 363 g/mol. The van der Waals surface area contributed by atoms with Gasteiger partial charge in [-0.05, 0) is 29.3 Å². The summed E-state index contributed by atoms with van der Waals surface area (Å²) < 4.78 is 40.9. The Bertz CT molecular complexity index is 946. The number of aliphatic hydroxyl groups excluding tert-OH is 2.